The topological polar surface area (TPSA) is 58.0 Å². The van der Waals surface area contributed by atoms with E-state index in [1.54, 1.807) is 13.2 Å². The maximum Gasteiger partial charge on any atom is 0.432 e. The molecule has 0 atom stereocenters. The van der Waals surface area contributed by atoms with Gasteiger partial charge in [-0.3, -0.25) is 20.3 Å². The molecule has 0 heterocycles. The van der Waals surface area contributed by atoms with E-state index >= 15 is 0 Å². The summed E-state index contributed by atoms with van der Waals surface area (Å²) in [6.45, 7) is 1.97. The number of para-hydroxylation sites is 2. The van der Waals surface area contributed by atoms with Gasteiger partial charge in [0.05, 0.1) is 18.5 Å². The SMILES string of the molecule is CN=C(C=C(Nc1ccccc1)C(F)(F)F)C(F)(F)F.CON/C(=C\C(C)=Nc1ccccc1)c1ccccc1. The fourth-order valence-electron chi connectivity index (χ4n) is 3.12. The van der Waals surface area contributed by atoms with Crippen molar-refractivity contribution in [3.8, 4) is 0 Å². The zero-order chi connectivity index (χ0) is 29.6. The second kappa shape index (κ2) is 15.3. The van der Waals surface area contributed by atoms with E-state index in [0.717, 1.165) is 29.7 Å². The molecule has 0 aliphatic carbocycles. The lowest BCUT2D eigenvalue weighted by molar-refractivity contribution is -0.0904. The van der Waals surface area contributed by atoms with Crippen molar-refractivity contribution in [2.75, 3.05) is 19.5 Å². The number of hydrogen-bond donors (Lipinski definition) is 2. The zero-order valence-corrected chi connectivity index (χ0v) is 21.9. The summed E-state index contributed by atoms with van der Waals surface area (Å²) >= 11 is 0. The molecule has 0 radical (unpaired) electrons. The highest BCUT2D eigenvalue weighted by molar-refractivity contribution is 6.00. The quantitative estimate of drug-likeness (QED) is 0.166. The van der Waals surface area contributed by atoms with Crippen LogP contribution in [0.5, 0.6) is 0 Å². The van der Waals surface area contributed by atoms with Gasteiger partial charge >= 0.3 is 12.4 Å². The molecule has 0 fully saturated rings. The Hall–Kier alpha value is -4.38. The molecular formula is C29H28F6N4O. The third-order valence-corrected chi connectivity index (χ3v) is 4.88. The van der Waals surface area contributed by atoms with Gasteiger partial charge < -0.3 is 5.32 Å². The standard InChI is InChI=1S/C17H18N2O.C12H10F6N2/c1-14(18-16-11-7-4-8-12-16)13-17(19-20-2)15-9-5-3-6-10-15;1-19-9(11(13,14)15)7-10(12(16,17)18)20-8-5-3-2-4-6-8/h3-13,19H,1-2H3;2-7,20H,1H3/b17-13-,18-14?;. The molecule has 0 unspecified atom stereocenters. The van der Waals surface area contributed by atoms with Crippen LogP contribution in [0.2, 0.25) is 0 Å². The van der Waals surface area contributed by atoms with Crippen LogP contribution in [-0.2, 0) is 4.84 Å². The summed E-state index contributed by atoms with van der Waals surface area (Å²) in [5.41, 5.74) is 3.53. The van der Waals surface area contributed by atoms with E-state index < -0.39 is 23.8 Å². The Morgan fingerprint density at radius 2 is 1.27 bits per heavy atom. The van der Waals surface area contributed by atoms with Gasteiger partial charge in [-0.15, -0.1) is 0 Å². The Morgan fingerprint density at radius 3 is 1.75 bits per heavy atom. The van der Waals surface area contributed by atoms with Crippen LogP contribution >= 0.6 is 0 Å². The zero-order valence-electron chi connectivity index (χ0n) is 21.9. The highest BCUT2D eigenvalue weighted by Crippen LogP contribution is 2.29. The fraction of sp³-hybridized carbons (Fsp3) is 0.172. The minimum atomic E-state index is -4.96. The third-order valence-electron chi connectivity index (χ3n) is 4.88. The summed E-state index contributed by atoms with van der Waals surface area (Å²) < 4.78 is 75.5. The molecule has 0 aliphatic rings. The normalized spacial score (nSPS) is 13.3. The van der Waals surface area contributed by atoms with Crippen molar-refractivity contribution < 1.29 is 31.2 Å². The van der Waals surface area contributed by atoms with E-state index in [2.05, 4.69) is 15.5 Å². The highest BCUT2D eigenvalue weighted by atomic mass is 19.4. The smallest absolute Gasteiger partial charge is 0.351 e. The summed E-state index contributed by atoms with van der Waals surface area (Å²) in [4.78, 5) is 12.4. The molecule has 0 saturated carbocycles. The van der Waals surface area contributed by atoms with Crippen molar-refractivity contribution in [2.45, 2.75) is 19.3 Å². The van der Waals surface area contributed by atoms with E-state index in [0.29, 0.717) is 0 Å². The lowest BCUT2D eigenvalue weighted by Gasteiger charge is -2.15. The molecule has 11 heteroatoms. The Labute approximate surface area is 228 Å². The number of halogens is 6. The van der Waals surface area contributed by atoms with Crippen molar-refractivity contribution in [2.24, 2.45) is 9.98 Å². The minimum Gasteiger partial charge on any atom is -0.351 e. The van der Waals surface area contributed by atoms with Crippen molar-refractivity contribution in [3.05, 3.63) is 114 Å². The molecule has 3 rings (SSSR count). The molecule has 40 heavy (non-hydrogen) atoms. The third kappa shape index (κ3) is 11.2. The van der Waals surface area contributed by atoms with Crippen LogP contribution in [0.1, 0.15) is 12.5 Å². The van der Waals surface area contributed by atoms with Gasteiger partial charge in [-0.25, -0.2) is 0 Å². The van der Waals surface area contributed by atoms with Crippen LogP contribution in [0.4, 0.5) is 37.7 Å². The average Bonchev–Trinajstić information content (AvgIpc) is 2.91. The number of benzene rings is 3. The first-order chi connectivity index (χ1) is 18.9. The lowest BCUT2D eigenvalue weighted by Crippen LogP contribution is -2.26. The summed E-state index contributed by atoms with van der Waals surface area (Å²) in [5, 5.41) is 1.91. The van der Waals surface area contributed by atoms with E-state index in [-0.39, 0.29) is 11.8 Å². The molecule has 3 aromatic carbocycles. The van der Waals surface area contributed by atoms with E-state index in [4.69, 9.17) is 4.84 Å². The second-order valence-electron chi connectivity index (χ2n) is 7.97. The van der Waals surface area contributed by atoms with Crippen LogP contribution in [0, 0.1) is 0 Å². The number of hydrogen-bond acceptors (Lipinski definition) is 5. The molecule has 0 amide bonds. The number of nitrogens with zero attached hydrogens (tertiary/aromatic N) is 2. The summed E-state index contributed by atoms with van der Waals surface area (Å²) in [7, 11) is 2.37. The number of aliphatic imine (C=N–C) groups is 2. The van der Waals surface area contributed by atoms with Crippen molar-refractivity contribution in [1.29, 1.82) is 0 Å². The average molecular weight is 563 g/mol. The van der Waals surface area contributed by atoms with Gasteiger partial charge in [0, 0.05) is 18.4 Å². The number of rotatable bonds is 8. The summed E-state index contributed by atoms with van der Waals surface area (Å²) in [6.07, 6.45) is -8.01. The second-order valence-corrected chi connectivity index (χ2v) is 7.97. The van der Waals surface area contributed by atoms with E-state index in [1.807, 2.05) is 79.0 Å². The van der Waals surface area contributed by atoms with Crippen LogP contribution < -0.4 is 10.8 Å². The Morgan fingerprint density at radius 1 is 0.750 bits per heavy atom. The van der Waals surface area contributed by atoms with Gasteiger partial charge in [-0.05, 0) is 48.9 Å². The van der Waals surface area contributed by atoms with Gasteiger partial charge in [-0.2, -0.15) is 26.3 Å². The van der Waals surface area contributed by atoms with Crippen LogP contribution in [0.3, 0.4) is 0 Å². The van der Waals surface area contributed by atoms with Crippen LogP contribution in [0.15, 0.2) is 119 Å². The Bertz CT molecular complexity index is 1300. The molecule has 0 aromatic heterocycles. The summed E-state index contributed by atoms with van der Waals surface area (Å²) in [5.74, 6) is 0. The predicted molar refractivity (Wildman–Crippen MR) is 147 cm³/mol. The van der Waals surface area contributed by atoms with Gasteiger partial charge in [0.25, 0.3) is 0 Å². The van der Waals surface area contributed by atoms with Crippen LogP contribution in [0.25, 0.3) is 5.70 Å². The molecule has 5 nitrogen and oxygen atoms in total. The first-order valence-corrected chi connectivity index (χ1v) is 11.8. The first-order valence-electron chi connectivity index (χ1n) is 11.8. The van der Waals surface area contributed by atoms with Gasteiger partial charge in [0.2, 0.25) is 0 Å². The number of anilines is 1. The maximum absolute atomic E-state index is 12.7. The van der Waals surface area contributed by atoms with Crippen molar-refractivity contribution in [1.82, 2.24) is 5.48 Å². The van der Waals surface area contributed by atoms with Gasteiger partial charge in [0.1, 0.15) is 11.4 Å². The number of allylic oxidation sites excluding steroid dienone is 3. The fourth-order valence-corrected chi connectivity index (χ4v) is 3.12. The van der Waals surface area contributed by atoms with Crippen molar-refractivity contribution in [3.63, 3.8) is 0 Å². The minimum absolute atomic E-state index is 0.0219. The molecule has 212 valence electrons. The molecule has 0 spiro atoms. The summed E-state index contributed by atoms with van der Waals surface area (Å²) in [6, 6.07) is 27.0. The monoisotopic (exact) mass is 562 g/mol. The molecule has 0 aliphatic heterocycles. The molecule has 3 aromatic rings. The van der Waals surface area contributed by atoms with E-state index in [1.165, 1.54) is 24.3 Å². The first kappa shape index (κ1) is 31.8. The largest absolute Gasteiger partial charge is 0.432 e. The molecular weight excluding hydrogens is 534 g/mol. The van der Waals surface area contributed by atoms with E-state index in [9.17, 15) is 26.3 Å². The highest BCUT2D eigenvalue weighted by Gasteiger charge is 2.39. The van der Waals surface area contributed by atoms with Crippen molar-refractivity contribution >= 4 is 28.5 Å². The predicted octanol–water partition coefficient (Wildman–Crippen LogP) is 8.15. The number of hydroxylamine groups is 1. The van der Waals surface area contributed by atoms with Gasteiger partial charge in [-0.1, -0.05) is 66.7 Å². The van der Waals surface area contributed by atoms with Crippen LogP contribution in [-0.4, -0.2) is 37.9 Å². The Balaban J connectivity index is 0.000000280. The molecule has 0 bridgehead atoms. The Kier molecular flexibility index (Phi) is 12.2. The number of alkyl halides is 6. The number of nitrogens with one attached hydrogen (secondary N) is 2. The maximum atomic E-state index is 12.7. The van der Waals surface area contributed by atoms with Gasteiger partial charge in [0.15, 0.2) is 0 Å². The lowest BCUT2D eigenvalue weighted by atomic mass is 10.1. The molecule has 2 N–H and O–H groups in total. The molecule has 0 saturated heterocycles.